The number of halogens is 3. The summed E-state index contributed by atoms with van der Waals surface area (Å²) in [6.07, 6.45) is -4.87. The molecule has 0 saturated heterocycles. The number of hydrogen-bond donors (Lipinski definition) is 1. The van der Waals surface area contributed by atoms with Crippen LogP contribution in [0.2, 0.25) is 0 Å². The maximum atomic E-state index is 14.2. The van der Waals surface area contributed by atoms with E-state index >= 15 is 0 Å². The number of amides is 1. The number of hydrogen-bond acceptors (Lipinski definition) is 7. The van der Waals surface area contributed by atoms with E-state index in [1.54, 1.807) is 36.4 Å². The predicted molar refractivity (Wildman–Crippen MR) is 135 cm³/mol. The van der Waals surface area contributed by atoms with Crippen LogP contribution in [0.3, 0.4) is 0 Å². The number of aromatic nitrogens is 4. The molecule has 0 aliphatic carbocycles. The number of H-pyrrole nitrogens is 1. The van der Waals surface area contributed by atoms with Gasteiger partial charge in [-0.25, -0.2) is 9.97 Å². The average Bonchev–Trinajstić information content (AvgIpc) is 3.53. The van der Waals surface area contributed by atoms with Crippen molar-refractivity contribution < 1.29 is 31.9 Å². The molecule has 0 unspecified atom stereocenters. The molecule has 0 spiro atoms. The highest BCUT2D eigenvalue weighted by molar-refractivity contribution is 5.99. The first-order valence-corrected chi connectivity index (χ1v) is 11.6. The van der Waals surface area contributed by atoms with Crippen LogP contribution >= 0.6 is 0 Å². The van der Waals surface area contributed by atoms with Gasteiger partial charge >= 0.3 is 6.18 Å². The topological polar surface area (TPSA) is 115 Å². The minimum atomic E-state index is -4.87. The fourth-order valence-electron chi connectivity index (χ4n) is 4.21. The van der Waals surface area contributed by atoms with E-state index in [1.165, 1.54) is 38.3 Å². The van der Waals surface area contributed by atoms with Gasteiger partial charge in [0, 0.05) is 20.7 Å². The molecule has 2 aromatic carbocycles. The van der Waals surface area contributed by atoms with Crippen LogP contribution in [-0.2, 0) is 10.9 Å². The molecule has 1 amide bonds. The molecule has 0 fully saturated rings. The van der Waals surface area contributed by atoms with Gasteiger partial charge in [-0.3, -0.25) is 14.7 Å². The largest absolute Gasteiger partial charge is 0.494 e. The van der Waals surface area contributed by atoms with Gasteiger partial charge in [0.1, 0.15) is 22.7 Å². The number of oxazole rings is 1. The molecule has 3 heterocycles. The third-order valence-corrected chi connectivity index (χ3v) is 6.12. The SMILES string of the molecule is COCCN(C)C(=O)c1nc2c(-c3ccccc3)c(C(F)(F)F)[nH]n2c(=O)c1-c1nc2c(OC)cccc2o1. The number of nitrogens with zero attached hydrogens (tertiary/aromatic N) is 4. The van der Waals surface area contributed by atoms with Crippen LogP contribution in [0.25, 0.3) is 39.3 Å². The molecule has 0 saturated carbocycles. The fraction of sp³-hybridized carbons (Fsp3) is 0.231. The summed E-state index contributed by atoms with van der Waals surface area (Å²) in [5, 5.41) is 2.14. The van der Waals surface area contributed by atoms with Gasteiger partial charge in [0.2, 0.25) is 5.89 Å². The molecule has 0 bridgehead atoms. The predicted octanol–water partition coefficient (Wildman–Crippen LogP) is 4.24. The summed E-state index contributed by atoms with van der Waals surface area (Å²) in [4.78, 5) is 37.3. The summed E-state index contributed by atoms with van der Waals surface area (Å²) in [6, 6.07) is 12.5. The number of ether oxygens (including phenoxy) is 2. The third kappa shape index (κ3) is 4.50. The number of rotatable bonds is 7. The summed E-state index contributed by atoms with van der Waals surface area (Å²) >= 11 is 0. The first-order chi connectivity index (χ1) is 18.7. The Morgan fingerprint density at radius 1 is 1.08 bits per heavy atom. The van der Waals surface area contributed by atoms with Crippen LogP contribution in [0.4, 0.5) is 13.2 Å². The van der Waals surface area contributed by atoms with Crippen molar-refractivity contribution in [3.05, 3.63) is 70.3 Å². The van der Waals surface area contributed by atoms with Gasteiger partial charge in [-0.1, -0.05) is 36.4 Å². The Hall–Kier alpha value is -4.65. The number of benzene rings is 2. The number of carbonyl (C=O) groups excluding carboxylic acids is 1. The third-order valence-electron chi connectivity index (χ3n) is 6.12. The van der Waals surface area contributed by atoms with Crippen LogP contribution in [0.15, 0.2) is 57.7 Å². The molecule has 3 aromatic heterocycles. The monoisotopic (exact) mass is 541 g/mol. The Balaban J connectivity index is 1.86. The zero-order valence-electron chi connectivity index (χ0n) is 21.0. The number of likely N-dealkylation sites (N-methyl/N-ethyl adjacent to an activating group) is 1. The van der Waals surface area contributed by atoms with E-state index in [-0.39, 0.29) is 46.9 Å². The molecular formula is C26H22F3N5O5. The summed E-state index contributed by atoms with van der Waals surface area (Å²) in [5.41, 5.74) is -3.11. The van der Waals surface area contributed by atoms with Crippen molar-refractivity contribution in [2.45, 2.75) is 6.18 Å². The highest BCUT2D eigenvalue weighted by atomic mass is 19.4. The first kappa shape index (κ1) is 26.0. The Morgan fingerprint density at radius 2 is 1.82 bits per heavy atom. The van der Waals surface area contributed by atoms with Crippen LogP contribution in [0, 0.1) is 0 Å². The number of para-hydroxylation sites is 1. The highest BCUT2D eigenvalue weighted by Crippen LogP contribution is 2.39. The van der Waals surface area contributed by atoms with Crippen LogP contribution in [-0.4, -0.2) is 64.8 Å². The Kier molecular flexibility index (Phi) is 6.60. The smallest absolute Gasteiger partial charge is 0.433 e. The van der Waals surface area contributed by atoms with Crippen molar-refractivity contribution in [2.75, 3.05) is 34.4 Å². The minimum Gasteiger partial charge on any atom is -0.494 e. The molecule has 13 heteroatoms. The Morgan fingerprint density at radius 3 is 2.49 bits per heavy atom. The van der Waals surface area contributed by atoms with E-state index in [0.717, 1.165) is 0 Å². The minimum absolute atomic E-state index is 0.129. The summed E-state index contributed by atoms with van der Waals surface area (Å²) in [7, 11) is 4.34. The highest BCUT2D eigenvalue weighted by Gasteiger charge is 2.39. The lowest BCUT2D eigenvalue weighted by molar-refractivity contribution is -0.140. The van der Waals surface area contributed by atoms with Crippen molar-refractivity contribution in [3.8, 4) is 28.3 Å². The normalized spacial score (nSPS) is 11.8. The van der Waals surface area contributed by atoms with Gasteiger partial charge in [-0.15, -0.1) is 0 Å². The molecule has 0 aliphatic heterocycles. The zero-order chi connectivity index (χ0) is 27.9. The lowest BCUT2D eigenvalue weighted by atomic mass is 10.1. The quantitative estimate of drug-likeness (QED) is 0.328. The molecular weight excluding hydrogens is 519 g/mol. The Labute approximate surface area is 218 Å². The second-order valence-electron chi connectivity index (χ2n) is 8.57. The van der Waals surface area contributed by atoms with Crippen LogP contribution < -0.4 is 10.3 Å². The second kappa shape index (κ2) is 9.91. The summed E-state index contributed by atoms with van der Waals surface area (Å²) in [6.45, 7) is 0.306. The van der Waals surface area contributed by atoms with Crippen molar-refractivity contribution in [3.63, 3.8) is 0 Å². The molecule has 0 radical (unpaired) electrons. The zero-order valence-corrected chi connectivity index (χ0v) is 21.0. The van der Waals surface area contributed by atoms with Crippen molar-refractivity contribution >= 4 is 22.7 Å². The number of alkyl halides is 3. The average molecular weight is 541 g/mol. The van der Waals surface area contributed by atoms with Crippen LogP contribution in [0.1, 0.15) is 16.2 Å². The van der Waals surface area contributed by atoms with Crippen LogP contribution in [0.5, 0.6) is 5.75 Å². The van der Waals surface area contributed by atoms with Gasteiger partial charge in [0.15, 0.2) is 16.7 Å². The molecule has 5 rings (SSSR count). The first-order valence-electron chi connectivity index (χ1n) is 11.6. The summed E-state index contributed by atoms with van der Waals surface area (Å²) < 4.78 is 59.3. The number of fused-ring (bicyclic) bond motifs is 2. The van der Waals surface area contributed by atoms with E-state index in [4.69, 9.17) is 13.9 Å². The fourth-order valence-corrected chi connectivity index (χ4v) is 4.21. The number of nitrogens with one attached hydrogen (secondary N) is 1. The molecule has 39 heavy (non-hydrogen) atoms. The maximum Gasteiger partial charge on any atom is 0.433 e. The standard InChI is InChI=1S/C26H22F3N5O5/c1-33(12-13-37-2)25(36)20-18(23-31-19-15(38-3)10-7-11-16(19)39-23)24(35)34-22(30-20)17(14-8-5-4-6-9-14)21(32-34)26(27,28)29/h4-11,32H,12-13H2,1-3H3. The van der Waals surface area contributed by atoms with E-state index < -0.39 is 34.6 Å². The van der Waals surface area contributed by atoms with Gasteiger partial charge < -0.3 is 18.8 Å². The lowest BCUT2D eigenvalue weighted by Crippen LogP contribution is -2.33. The van der Waals surface area contributed by atoms with Crippen molar-refractivity contribution in [1.82, 2.24) is 24.5 Å². The van der Waals surface area contributed by atoms with E-state index in [2.05, 4.69) is 15.1 Å². The second-order valence-corrected chi connectivity index (χ2v) is 8.57. The number of methoxy groups -OCH3 is 2. The van der Waals surface area contributed by atoms with Crippen molar-refractivity contribution in [2.24, 2.45) is 0 Å². The number of carbonyl (C=O) groups is 1. The molecule has 1 N–H and O–H groups in total. The molecule has 0 atom stereocenters. The van der Waals surface area contributed by atoms with Crippen molar-refractivity contribution in [1.29, 1.82) is 0 Å². The van der Waals surface area contributed by atoms with E-state index in [1.807, 2.05) is 0 Å². The number of aromatic amines is 1. The van der Waals surface area contributed by atoms with Gasteiger partial charge in [0.25, 0.3) is 11.5 Å². The molecule has 202 valence electrons. The van der Waals surface area contributed by atoms with E-state index in [9.17, 15) is 22.8 Å². The van der Waals surface area contributed by atoms with E-state index in [0.29, 0.717) is 10.3 Å². The summed E-state index contributed by atoms with van der Waals surface area (Å²) in [5.74, 6) is -0.689. The van der Waals surface area contributed by atoms with Gasteiger partial charge in [-0.05, 0) is 17.7 Å². The Bertz CT molecular complexity index is 1740. The van der Waals surface area contributed by atoms with Gasteiger partial charge in [-0.2, -0.15) is 17.7 Å². The van der Waals surface area contributed by atoms with Gasteiger partial charge in [0.05, 0.1) is 19.3 Å². The molecule has 10 nitrogen and oxygen atoms in total. The molecule has 5 aromatic rings. The maximum absolute atomic E-state index is 14.2. The lowest BCUT2D eigenvalue weighted by Gasteiger charge is -2.17. The molecule has 0 aliphatic rings.